The molecule has 2 aliphatic rings. The molecule has 2 fully saturated rings. The largest absolute Gasteiger partial charge is 0.469 e. The predicted molar refractivity (Wildman–Crippen MR) is 139 cm³/mol. The zero-order valence-corrected chi connectivity index (χ0v) is 25.5. The number of hydroxylamine groups is 1. The number of hydrogen-bond donors (Lipinski definition) is 3. The van der Waals surface area contributed by atoms with Gasteiger partial charge in [-0.2, -0.15) is 5.48 Å². The lowest BCUT2D eigenvalue weighted by Gasteiger charge is -2.46. The SMILES string of the molecule is COC(=O)[C@H]1C[C@@H](ONC(=O)OC(C)(C)C)[C@H](O)[C@@H](O[C@@H]2O[C@H](C(=O)OC)[C@@H](OC(C)=O)[C@H](OC(C)=O)[C@H]2OC(C)=O)[C@@H]1O. The van der Waals surface area contributed by atoms with E-state index in [-0.39, 0.29) is 6.42 Å². The van der Waals surface area contributed by atoms with Gasteiger partial charge in [0.1, 0.15) is 23.9 Å². The second-order valence-corrected chi connectivity index (χ2v) is 10.9. The lowest BCUT2D eigenvalue weighted by Crippen LogP contribution is -2.66. The molecule has 0 aromatic rings. The predicted octanol–water partition coefficient (Wildman–Crippen LogP) is -1.20. The molecule has 1 heterocycles. The zero-order chi connectivity index (χ0) is 33.5. The molecule has 18 nitrogen and oxygen atoms in total. The molecule has 0 spiro atoms. The number of aliphatic hydroxyl groups excluding tert-OH is 2. The highest BCUT2D eigenvalue weighted by molar-refractivity contribution is 5.77. The average Bonchev–Trinajstić information content (AvgIpc) is 2.90. The van der Waals surface area contributed by atoms with Crippen LogP contribution >= 0.6 is 0 Å². The Kier molecular flexibility index (Phi) is 12.8. The molecule has 18 heteroatoms. The van der Waals surface area contributed by atoms with Gasteiger partial charge in [0.05, 0.1) is 26.2 Å². The first-order valence-corrected chi connectivity index (χ1v) is 13.4. The van der Waals surface area contributed by atoms with Crippen molar-refractivity contribution in [3.05, 3.63) is 0 Å². The van der Waals surface area contributed by atoms with Crippen LogP contribution in [0.4, 0.5) is 4.79 Å². The Hall–Kier alpha value is -3.58. The molecule has 1 aliphatic carbocycles. The number of amides is 1. The van der Waals surface area contributed by atoms with E-state index in [1.165, 1.54) is 0 Å². The van der Waals surface area contributed by atoms with E-state index < -0.39 is 103 Å². The molecule has 1 saturated heterocycles. The summed E-state index contributed by atoms with van der Waals surface area (Å²) in [6.07, 6.45) is -17.2. The van der Waals surface area contributed by atoms with Gasteiger partial charge in [-0.25, -0.2) is 9.59 Å². The molecular weight excluding hydrogens is 598 g/mol. The third-order valence-corrected chi connectivity index (χ3v) is 6.27. The van der Waals surface area contributed by atoms with E-state index in [0.29, 0.717) is 0 Å². The van der Waals surface area contributed by atoms with Gasteiger partial charge in [0.25, 0.3) is 0 Å². The Bertz CT molecular complexity index is 1070. The van der Waals surface area contributed by atoms with Crippen LogP contribution in [0, 0.1) is 5.92 Å². The monoisotopic (exact) mass is 637 g/mol. The average molecular weight is 638 g/mol. The summed E-state index contributed by atoms with van der Waals surface area (Å²) in [5, 5.41) is 22.2. The summed E-state index contributed by atoms with van der Waals surface area (Å²) in [7, 11) is 2.03. The summed E-state index contributed by atoms with van der Waals surface area (Å²) < 4.78 is 41.8. The highest BCUT2D eigenvalue weighted by atomic mass is 16.8. The highest BCUT2D eigenvalue weighted by Gasteiger charge is 2.58. The number of esters is 5. The molecule has 10 atom stereocenters. The summed E-state index contributed by atoms with van der Waals surface area (Å²) in [4.78, 5) is 78.7. The Balaban J connectivity index is 2.51. The van der Waals surface area contributed by atoms with Gasteiger partial charge < -0.3 is 48.1 Å². The van der Waals surface area contributed by atoms with Crippen LogP contribution in [-0.4, -0.2) is 121 Å². The van der Waals surface area contributed by atoms with Gasteiger partial charge in [0.2, 0.25) is 0 Å². The van der Waals surface area contributed by atoms with E-state index in [4.69, 9.17) is 42.7 Å². The molecule has 1 aliphatic heterocycles. The first-order chi connectivity index (χ1) is 20.4. The fraction of sp³-hybridized carbons (Fsp3) is 0.769. The fourth-order valence-corrected chi connectivity index (χ4v) is 4.60. The van der Waals surface area contributed by atoms with Gasteiger partial charge in [0, 0.05) is 20.8 Å². The first-order valence-electron chi connectivity index (χ1n) is 13.4. The number of nitrogens with one attached hydrogen (secondary N) is 1. The highest BCUT2D eigenvalue weighted by Crippen LogP contribution is 2.35. The van der Waals surface area contributed by atoms with E-state index in [1.807, 2.05) is 5.48 Å². The first kappa shape index (κ1) is 36.6. The maximum Gasteiger partial charge on any atom is 0.431 e. The van der Waals surface area contributed by atoms with Crippen LogP contribution in [0.2, 0.25) is 0 Å². The van der Waals surface area contributed by atoms with Crippen LogP contribution in [0.5, 0.6) is 0 Å². The summed E-state index contributed by atoms with van der Waals surface area (Å²) in [6.45, 7) is 7.75. The molecule has 3 N–H and O–H groups in total. The summed E-state index contributed by atoms with van der Waals surface area (Å²) in [6, 6.07) is 0. The molecule has 250 valence electrons. The van der Waals surface area contributed by atoms with Crippen molar-refractivity contribution in [1.82, 2.24) is 5.48 Å². The zero-order valence-electron chi connectivity index (χ0n) is 25.5. The molecule has 0 radical (unpaired) electrons. The van der Waals surface area contributed by atoms with E-state index in [2.05, 4.69) is 0 Å². The maximum absolute atomic E-state index is 12.7. The molecule has 0 aromatic heterocycles. The van der Waals surface area contributed by atoms with Gasteiger partial charge in [-0.15, -0.1) is 0 Å². The van der Waals surface area contributed by atoms with Gasteiger partial charge in [-0.1, -0.05) is 0 Å². The van der Waals surface area contributed by atoms with Gasteiger partial charge in [-0.05, 0) is 27.2 Å². The smallest absolute Gasteiger partial charge is 0.431 e. The minimum absolute atomic E-state index is 0.376. The second-order valence-electron chi connectivity index (χ2n) is 10.9. The van der Waals surface area contributed by atoms with Crippen LogP contribution in [0.3, 0.4) is 0 Å². The number of carbonyl (C=O) groups is 6. The van der Waals surface area contributed by atoms with Crippen molar-refractivity contribution < 1.29 is 81.7 Å². The van der Waals surface area contributed by atoms with Crippen molar-refractivity contribution in [2.45, 2.75) is 109 Å². The summed E-state index contributed by atoms with van der Waals surface area (Å²) in [5.74, 6) is -6.29. The molecule has 0 bridgehead atoms. The lowest BCUT2D eigenvalue weighted by molar-refractivity contribution is -0.331. The number of methoxy groups -OCH3 is 2. The number of carbonyl (C=O) groups excluding carboxylic acids is 6. The lowest BCUT2D eigenvalue weighted by atomic mass is 9.80. The van der Waals surface area contributed by atoms with Gasteiger partial charge in [-0.3, -0.25) is 24.0 Å². The minimum atomic E-state index is -1.93. The number of rotatable bonds is 9. The molecule has 2 rings (SSSR count). The van der Waals surface area contributed by atoms with Crippen LogP contribution in [0.25, 0.3) is 0 Å². The number of ether oxygens (including phenoxy) is 8. The Morgan fingerprint density at radius 1 is 0.750 bits per heavy atom. The molecule has 0 aromatic carbocycles. The van der Waals surface area contributed by atoms with Crippen LogP contribution < -0.4 is 5.48 Å². The molecule has 1 amide bonds. The van der Waals surface area contributed by atoms with E-state index >= 15 is 0 Å². The fourth-order valence-electron chi connectivity index (χ4n) is 4.60. The van der Waals surface area contributed by atoms with Crippen molar-refractivity contribution in [2.24, 2.45) is 5.92 Å². The summed E-state index contributed by atoms with van der Waals surface area (Å²) in [5.41, 5.74) is 1.09. The Morgan fingerprint density at radius 2 is 1.27 bits per heavy atom. The van der Waals surface area contributed by atoms with Crippen molar-refractivity contribution >= 4 is 35.9 Å². The van der Waals surface area contributed by atoms with Crippen molar-refractivity contribution in [3.8, 4) is 0 Å². The third-order valence-electron chi connectivity index (χ3n) is 6.27. The Labute approximate surface area is 252 Å². The number of aliphatic hydroxyl groups is 2. The van der Waals surface area contributed by atoms with E-state index in [0.717, 1.165) is 35.0 Å². The van der Waals surface area contributed by atoms with Gasteiger partial charge >= 0.3 is 35.9 Å². The molecule has 1 saturated carbocycles. The van der Waals surface area contributed by atoms with Crippen molar-refractivity contribution in [3.63, 3.8) is 0 Å². The second kappa shape index (κ2) is 15.4. The van der Waals surface area contributed by atoms with E-state index in [1.54, 1.807) is 20.8 Å². The quantitative estimate of drug-likeness (QED) is 0.153. The molecular formula is C26H39NO17. The minimum Gasteiger partial charge on any atom is -0.469 e. The topological polar surface area (TPSA) is 238 Å². The maximum atomic E-state index is 12.7. The van der Waals surface area contributed by atoms with Gasteiger partial charge in [0.15, 0.2) is 30.7 Å². The summed E-state index contributed by atoms with van der Waals surface area (Å²) >= 11 is 0. The third kappa shape index (κ3) is 9.71. The van der Waals surface area contributed by atoms with Crippen LogP contribution in [0.15, 0.2) is 0 Å². The van der Waals surface area contributed by atoms with Crippen molar-refractivity contribution in [1.29, 1.82) is 0 Å². The number of hydrogen-bond acceptors (Lipinski definition) is 17. The normalized spacial score (nSPS) is 32.0. The standard InChI is InChI=1S/C26H39NO17/c1-10(28)38-18-19(39-11(2)29)21(40-12(3)30)24(42-20(18)23(34)37-8)41-17-15(31)13(22(33)36-7)9-14(16(17)32)44-27-25(35)43-26(4,5)6/h13-21,24,31-32H,9H2,1-8H3,(H,27,35)/t13-,14+,15+,16-,17-,18-,19-,20-,21+,24+/m0/s1. The molecule has 0 unspecified atom stereocenters. The van der Waals surface area contributed by atoms with Crippen LogP contribution in [-0.2, 0) is 66.7 Å². The van der Waals surface area contributed by atoms with Crippen molar-refractivity contribution in [2.75, 3.05) is 14.2 Å². The Morgan fingerprint density at radius 3 is 1.77 bits per heavy atom. The molecule has 44 heavy (non-hydrogen) atoms. The van der Waals surface area contributed by atoms with Crippen LogP contribution in [0.1, 0.15) is 48.0 Å². The van der Waals surface area contributed by atoms with E-state index in [9.17, 15) is 39.0 Å².